The van der Waals surface area contributed by atoms with E-state index in [1.54, 1.807) is 0 Å². The highest BCUT2D eigenvalue weighted by Gasteiger charge is 2.36. The highest BCUT2D eigenvalue weighted by Crippen LogP contribution is 2.43. The zero-order valence-electron chi connectivity index (χ0n) is 11.1. The Kier molecular flexibility index (Phi) is 3.39. The summed E-state index contributed by atoms with van der Waals surface area (Å²) in [4.78, 5) is 0. The van der Waals surface area contributed by atoms with Crippen LogP contribution in [0.1, 0.15) is 42.7 Å². The molecular formula is C18H20O. The van der Waals surface area contributed by atoms with Crippen LogP contribution in [-0.4, -0.2) is 5.11 Å². The van der Waals surface area contributed by atoms with E-state index in [0.29, 0.717) is 5.92 Å². The molecule has 1 saturated carbocycles. The van der Waals surface area contributed by atoms with E-state index in [9.17, 15) is 5.11 Å². The van der Waals surface area contributed by atoms with Gasteiger partial charge in [-0.2, -0.15) is 0 Å². The predicted molar refractivity (Wildman–Crippen MR) is 78.0 cm³/mol. The molecule has 98 valence electrons. The summed E-state index contributed by atoms with van der Waals surface area (Å²) in [6.07, 6.45) is 3.98. The van der Waals surface area contributed by atoms with Crippen molar-refractivity contribution in [2.24, 2.45) is 0 Å². The average Bonchev–Trinajstić information content (AvgIpc) is 2.49. The zero-order valence-corrected chi connectivity index (χ0v) is 11.1. The minimum absolute atomic E-state index is 0.472. The largest absolute Gasteiger partial charge is 0.385 e. The average molecular weight is 252 g/mol. The Morgan fingerprint density at radius 3 is 2.21 bits per heavy atom. The number of rotatable bonds is 2. The van der Waals surface area contributed by atoms with E-state index in [4.69, 9.17) is 0 Å². The second-order valence-electron chi connectivity index (χ2n) is 5.60. The van der Waals surface area contributed by atoms with Crippen molar-refractivity contribution in [1.29, 1.82) is 0 Å². The van der Waals surface area contributed by atoms with E-state index in [1.807, 2.05) is 30.3 Å². The Bertz CT molecular complexity index is 520. The molecule has 0 spiro atoms. The second kappa shape index (κ2) is 5.18. The molecule has 0 saturated heterocycles. The molecule has 0 aromatic heterocycles. The molecule has 1 aliphatic carbocycles. The third-order valence-electron chi connectivity index (χ3n) is 4.31. The zero-order chi connectivity index (χ0) is 13.1. The maximum absolute atomic E-state index is 11.0. The lowest BCUT2D eigenvalue weighted by Crippen LogP contribution is -2.31. The third kappa shape index (κ3) is 2.57. The van der Waals surface area contributed by atoms with E-state index in [-0.39, 0.29) is 0 Å². The molecule has 0 amide bonds. The summed E-state index contributed by atoms with van der Waals surface area (Å²) in [5, 5.41) is 11.0. The van der Waals surface area contributed by atoms with Crippen molar-refractivity contribution in [2.75, 3.05) is 0 Å². The molecule has 1 aliphatic rings. The first-order valence-corrected chi connectivity index (χ1v) is 7.11. The van der Waals surface area contributed by atoms with Gasteiger partial charge in [-0.15, -0.1) is 0 Å². The van der Waals surface area contributed by atoms with Gasteiger partial charge in [-0.3, -0.25) is 0 Å². The lowest BCUT2D eigenvalue weighted by atomic mass is 9.72. The quantitative estimate of drug-likeness (QED) is 0.848. The fourth-order valence-corrected chi connectivity index (χ4v) is 3.27. The van der Waals surface area contributed by atoms with Crippen LogP contribution in [0, 0.1) is 0 Å². The van der Waals surface area contributed by atoms with Crippen LogP contribution >= 0.6 is 0 Å². The molecule has 2 aromatic rings. The second-order valence-corrected chi connectivity index (χ2v) is 5.60. The van der Waals surface area contributed by atoms with Crippen molar-refractivity contribution in [1.82, 2.24) is 0 Å². The van der Waals surface area contributed by atoms with Crippen molar-refractivity contribution >= 4 is 0 Å². The summed E-state index contributed by atoms with van der Waals surface area (Å²) in [6, 6.07) is 20.7. The molecular weight excluding hydrogens is 232 g/mol. The molecule has 2 atom stereocenters. The summed E-state index contributed by atoms with van der Waals surface area (Å²) in [5.41, 5.74) is 1.77. The predicted octanol–water partition coefficient (Wildman–Crippen LogP) is 4.23. The molecule has 19 heavy (non-hydrogen) atoms. The van der Waals surface area contributed by atoms with Gasteiger partial charge in [-0.05, 0) is 42.7 Å². The van der Waals surface area contributed by atoms with Gasteiger partial charge in [-0.1, -0.05) is 60.7 Å². The third-order valence-corrected chi connectivity index (χ3v) is 4.31. The monoisotopic (exact) mass is 252 g/mol. The molecule has 0 bridgehead atoms. The van der Waals surface area contributed by atoms with Crippen LogP contribution in [0.25, 0.3) is 0 Å². The smallest absolute Gasteiger partial charge is 0.0902 e. The summed E-state index contributed by atoms with van der Waals surface area (Å²) < 4.78 is 0. The van der Waals surface area contributed by atoms with Gasteiger partial charge < -0.3 is 5.11 Å². The Labute approximate surface area is 114 Å². The van der Waals surface area contributed by atoms with Crippen LogP contribution in [0.15, 0.2) is 60.7 Å². The molecule has 1 N–H and O–H groups in total. The van der Waals surface area contributed by atoms with Gasteiger partial charge in [-0.25, -0.2) is 0 Å². The van der Waals surface area contributed by atoms with Crippen molar-refractivity contribution in [2.45, 2.75) is 37.2 Å². The highest BCUT2D eigenvalue weighted by molar-refractivity contribution is 5.27. The first-order chi connectivity index (χ1) is 9.28. The van der Waals surface area contributed by atoms with Gasteiger partial charge in [0.2, 0.25) is 0 Å². The fourth-order valence-electron chi connectivity index (χ4n) is 3.27. The van der Waals surface area contributed by atoms with Crippen molar-refractivity contribution in [3.63, 3.8) is 0 Å². The molecule has 0 aliphatic heterocycles. The van der Waals surface area contributed by atoms with E-state index in [0.717, 1.165) is 24.8 Å². The minimum Gasteiger partial charge on any atom is -0.385 e. The Hall–Kier alpha value is -1.60. The molecule has 2 aromatic carbocycles. The number of hydrogen-bond donors (Lipinski definition) is 1. The molecule has 1 fully saturated rings. The Morgan fingerprint density at radius 2 is 1.53 bits per heavy atom. The van der Waals surface area contributed by atoms with Gasteiger partial charge in [0.05, 0.1) is 5.60 Å². The summed E-state index contributed by atoms with van der Waals surface area (Å²) in [6.45, 7) is 0. The first-order valence-electron chi connectivity index (χ1n) is 7.11. The number of aliphatic hydroxyl groups is 1. The standard InChI is InChI=1S/C18H20O/c19-18(17-11-5-2-6-12-17)13-7-10-16(14-18)15-8-3-1-4-9-15/h1-6,8-9,11-12,16,19H,7,10,13-14H2/t16-,18-/m1/s1. The summed E-state index contributed by atoms with van der Waals surface area (Å²) in [7, 11) is 0. The molecule has 1 heteroatoms. The van der Waals surface area contributed by atoms with Crippen LogP contribution in [0.2, 0.25) is 0 Å². The van der Waals surface area contributed by atoms with Crippen LogP contribution in [-0.2, 0) is 5.60 Å². The van der Waals surface area contributed by atoms with E-state index in [2.05, 4.69) is 30.3 Å². The lowest BCUT2D eigenvalue weighted by Gasteiger charge is -2.37. The topological polar surface area (TPSA) is 20.2 Å². The molecule has 0 unspecified atom stereocenters. The number of benzene rings is 2. The van der Waals surface area contributed by atoms with Crippen molar-refractivity contribution < 1.29 is 5.11 Å². The van der Waals surface area contributed by atoms with Gasteiger partial charge >= 0.3 is 0 Å². The summed E-state index contributed by atoms with van der Waals surface area (Å²) >= 11 is 0. The van der Waals surface area contributed by atoms with E-state index < -0.39 is 5.60 Å². The van der Waals surface area contributed by atoms with Crippen LogP contribution in [0.5, 0.6) is 0 Å². The molecule has 0 heterocycles. The maximum atomic E-state index is 11.0. The summed E-state index contributed by atoms with van der Waals surface area (Å²) in [5.74, 6) is 0.472. The van der Waals surface area contributed by atoms with Gasteiger partial charge in [0.25, 0.3) is 0 Å². The van der Waals surface area contributed by atoms with E-state index >= 15 is 0 Å². The van der Waals surface area contributed by atoms with Gasteiger partial charge in [0.15, 0.2) is 0 Å². The Balaban J connectivity index is 1.86. The lowest BCUT2D eigenvalue weighted by molar-refractivity contribution is -0.00837. The Morgan fingerprint density at radius 1 is 0.895 bits per heavy atom. The van der Waals surface area contributed by atoms with E-state index in [1.165, 1.54) is 12.0 Å². The van der Waals surface area contributed by atoms with Gasteiger partial charge in [0, 0.05) is 0 Å². The van der Waals surface area contributed by atoms with Gasteiger partial charge in [0.1, 0.15) is 0 Å². The van der Waals surface area contributed by atoms with Crippen molar-refractivity contribution in [3.05, 3.63) is 71.8 Å². The molecule has 3 rings (SSSR count). The molecule has 1 nitrogen and oxygen atoms in total. The minimum atomic E-state index is -0.653. The SMILES string of the molecule is O[C@]1(c2ccccc2)CCC[C@@H](c2ccccc2)C1. The van der Waals surface area contributed by atoms with Crippen LogP contribution < -0.4 is 0 Å². The normalized spacial score (nSPS) is 27.1. The molecule has 0 radical (unpaired) electrons. The maximum Gasteiger partial charge on any atom is 0.0902 e. The van der Waals surface area contributed by atoms with Crippen molar-refractivity contribution in [3.8, 4) is 0 Å². The number of hydrogen-bond acceptors (Lipinski definition) is 1. The fraction of sp³-hybridized carbons (Fsp3) is 0.333. The first kappa shape index (κ1) is 12.4. The van der Waals surface area contributed by atoms with Crippen LogP contribution in [0.3, 0.4) is 0 Å². The van der Waals surface area contributed by atoms with Crippen LogP contribution in [0.4, 0.5) is 0 Å². The highest BCUT2D eigenvalue weighted by atomic mass is 16.3.